The Bertz CT molecular complexity index is 172. The molecule has 0 aliphatic carbocycles. The molecule has 0 amide bonds. The minimum Gasteiger partial charge on any atom is -0.618 e. The molecule has 0 atom stereocenters. The van der Waals surface area contributed by atoms with Crippen molar-refractivity contribution in [2.24, 2.45) is 0 Å². The van der Waals surface area contributed by atoms with Crippen LogP contribution in [0.1, 0.15) is 0 Å². The lowest BCUT2D eigenvalue weighted by Gasteiger charge is -1.89. The highest BCUT2D eigenvalue weighted by atomic mass is 79.9. The highest BCUT2D eigenvalue weighted by Gasteiger charge is 1.89. The summed E-state index contributed by atoms with van der Waals surface area (Å²) in [5.41, 5.74) is 0. The zero-order chi connectivity index (χ0) is 5.98. The lowest BCUT2D eigenvalue weighted by Crippen LogP contribution is -2.24. The van der Waals surface area contributed by atoms with E-state index in [2.05, 4.69) is 22.1 Å². The first-order valence-corrected chi connectivity index (χ1v) is 2.85. The standard InChI is InChI=1S/C5H3BrNO/c6-5-2-1-3-7(8)4-5/h1-3H. The molecule has 0 unspecified atom stereocenters. The summed E-state index contributed by atoms with van der Waals surface area (Å²) in [4.78, 5) is 0. The minimum atomic E-state index is 0.615. The SMILES string of the molecule is [O-][n+]1[c]c(Br)ccc1. The van der Waals surface area contributed by atoms with Crippen LogP contribution >= 0.6 is 15.9 Å². The number of hydrogen-bond donors (Lipinski definition) is 0. The van der Waals surface area contributed by atoms with Gasteiger partial charge in [-0.05, 0) is 22.0 Å². The van der Waals surface area contributed by atoms with Crippen LogP contribution in [-0.4, -0.2) is 0 Å². The van der Waals surface area contributed by atoms with E-state index in [1.165, 1.54) is 6.20 Å². The summed E-state index contributed by atoms with van der Waals surface area (Å²) in [6.07, 6.45) is 3.83. The lowest BCUT2D eigenvalue weighted by atomic mass is 10.5. The molecule has 1 aromatic heterocycles. The van der Waals surface area contributed by atoms with E-state index in [9.17, 15) is 5.21 Å². The largest absolute Gasteiger partial charge is 0.618 e. The fraction of sp³-hybridized carbons (Fsp3) is 0. The van der Waals surface area contributed by atoms with Gasteiger partial charge in [-0.2, -0.15) is 4.73 Å². The molecule has 0 fully saturated rings. The zero-order valence-electron chi connectivity index (χ0n) is 3.97. The van der Waals surface area contributed by atoms with Gasteiger partial charge >= 0.3 is 6.20 Å². The third kappa shape index (κ3) is 1.20. The zero-order valence-corrected chi connectivity index (χ0v) is 5.55. The maximum atomic E-state index is 10.3. The first-order valence-electron chi connectivity index (χ1n) is 2.06. The van der Waals surface area contributed by atoms with E-state index in [1.807, 2.05) is 0 Å². The van der Waals surface area contributed by atoms with Crippen molar-refractivity contribution < 1.29 is 4.73 Å². The van der Waals surface area contributed by atoms with Crippen LogP contribution in [-0.2, 0) is 0 Å². The first-order chi connectivity index (χ1) is 3.79. The Labute approximate surface area is 55.5 Å². The Balaban J connectivity index is 3.08. The van der Waals surface area contributed by atoms with Gasteiger partial charge in [-0.15, -0.1) is 0 Å². The lowest BCUT2D eigenvalue weighted by molar-refractivity contribution is -0.610. The molecule has 0 saturated carbocycles. The van der Waals surface area contributed by atoms with Gasteiger partial charge in [-0.25, -0.2) is 0 Å². The average molecular weight is 173 g/mol. The van der Waals surface area contributed by atoms with Gasteiger partial charge in [-0.1, -0.05) is 0 Å². The van der Waals surface area contributed by atoms with Crippen molar-refractivity contribution in [3.05, 3.63) is 34.2 Å². The van der Waals surface area contributed by atoms with Gasteiger partial charge in [0.2, 0.25) is 0 Å². The molecule has 3 heteroatoms. The number of nitrogens with zero attached hydrogens (tertiary/aromatic N) is 1. The summed E-state index contributed by atoms with van der Waals surface area (Å²) >= 11 is 3.09. The molecule has 0 aliphatic rings. The van der Waals surface area contributed by atoms with Gasteiger partial charge < -0.3 is 5.21 Å². The van der Waals surface area contributed by atoms with Crippen LogP contribution in [0.15, 0.2) is 22.8 Å². The maximum Gasteiger partial charge on any atom is 0.305 e. The topological polar surface area (TPSA) is 26.9 Å². The summed E-state index contributed by atoms with van der Waals surface area (Å²) in [6, 6.07) is 3.39. The highest BCUT2D eigenvalue weighted by Crippen LogP contribution is 2.01. The Morgan fingerprint density at radius 3 is 2.88 bits per heavy atom. The Hall–Kier alpha value is -0.570. The van der Waals surface area contributed by atoms with Gasteiger partial charge in [0.05, 0.1) is 4.47 Å². The van der Waals surface area contributed by atoms with Crippen molar-refractivity contribution in [2.75, 3.05) is 0 Å². The van der Waals surface area contributed by atoms with E-state index < -0.39 is 0 Å². The fourth-order valence-electron chi connectivity index (χ4n) is 0.385. The number of hydrogen-bond acceptors (Lipinski definition) is 1. The fourth-order valence-corrected chi connectivity index (χ4v) is 0.713. The molecular weight excluding hydrogens is 170 g/mol. The van der Waals surface area contributed by atoms with E-state index in [0.29, 0.717) is 9.20 Å². The second-order valence-corrected chi connectivity index (χ2v) is 2.15. The van der Waals surface area contributed by atoms with Gasteiger partial charge in [0.15, 0.2) is 6.20 Å². The van der Waals surface area contributed by atoms with Gasteiger partial charge in [0, 0.05) is 6.07 Å². The van der Waals surface area contributed by atoms with Crippen molar-refractivity contribution >= 4 is 15.9 Å². The number of aromatic nitrogens is 1. The van der Waals surface area contributed by atoms with Crippen LogP contribution in [0.25, 0.3) is 0 Å². The Morgan fingerprint density at radius 1 is 1.75 bits per heavy atom. The molecule has 1 radical (unpaired) electrons. The van der Waals surface area contributed by atoms with Crippen molar-refractivity contribution in [3.63, 3.8) is 0 Å². The molecule has 0 spiro atoms. The predicted octanol–water partition coefficient (Wildman–Crippen LogP) is 0.883. The third-order valence-electron chi connectivity index (χ3n) is 0.681. The van der Waals surface area contributed by atoms with Crippen LogP contribution in [0.5, 0.6) is 0 Å². The number of pyridine rings is 1. The molecule has 1 heterocycles. The average Bonchev–Trinajstić information content (AvgIpc) is 1.64. The van der Waals surface area contributed by atoms with Crippen LogP contribution in [0, 0.1) is 11.4 Å². The molecule has 0 N–H and O–H groups in total. The monoisotopic (exact) mass is 172 g/mol. The molecule has 1 aromatic rings. The second kappa shape index (κ2) is 2.13. The van der Waals surface area contributed by atoms with Gasteiger partial charge in [0.1, 0.15) is 0 Å². The van der Waals surface area contributed by atoms with Crippen molar-refractivity contribution in [1.29, 1.82) is 0 Å². The highest BCUT2D eigenvalue weighted by molar-refractivity contribution is 9.10. The number of halogens is 1. The molecule has 0 aliphatic heterocycles. The van der Waals surface area contributed by atoms with Crippen LogP contribution < -0.4 is 4.73 Å². The minimum absolute atomic E-state index is 0.615. The molecule has 0 bridgehead atoms. The van der Waals surface area contributed by atoms with E-state index in [-0.39, 0.29) is 0 Å². The van der Waals surface area contributed by atoms with Crippen LogP contribution in [0.4, 0.5) is 0 Å². The summed E-state index contributed by atoms with van der Waals surface area (Å²) < 4.78 is 1.29. The predicted molar refractivity (Wildman–Crippen MR) is 31.9 cm³/mol. The normalized spacial score (nSPS) is 9.12. The van der Waals surface area contributed by atoms with Gasteiger partial charge in [-0.3, -0.25) is 0 Å². The quantitative estimate of drug-likeness (QED) is 0.422. The molecular formula is C5H3BrNO. The molecule has 0 aromatic carbocycles. The first kappa shape index (κ1) is 5.56. The summed E-state index contributed by atoms with van der Waals surface area (Å²) in [5, 5.41) is 10.3. The molecule has 2 nitrogen and oxygen atoms in total. The third-order valence-corrected chi connectivity index (χ3v) is 1.12. The number of rotatable bonds is 0. The second-order valence-electron chi connectivity index (χ2n) is 1.29. The van der Waals surface area contributed by atoms with Crippen molar-refractivity contribution in [2.45, 2.75) is 0 Å². The van der Waals surface area contributed by atoms with Crippen LogP contribution in [0.3, 0.4) is 0 Å². The summed E-state index contributed by atoms with van der Waals surface area (Å²) in [5.74, 6) is 0. The van der Waals surface area contributed by atoms with E-state index >= 15 is 0 Å². The summed E-state index contributed by atoms with van der Waals surface area (Å²) in [6.45, 7) is 0. The molecule has 8 heavy (non-hydrogen) atoms. The van der Waals surface area contributed by atoms with Crippen molar-refractivity contribution in [1.82, 2.24) is 0 Å². The Morgan fingerprint density at radius 2 is 2.50 bits per heavy atom. The van der Waals surface area contributed by atoms with Crippen LogP contribution in [0.2, 0.25) is 0 Å². The van der Waals surface area contributed by atoms with E-state index in [4.69, 9.17) is 0 Å². The molecule has 1 rings (SSSR count). The van der Waals surface area contributed by atoms with E-state index in [1.54, 1.807) is 12.1 Å². The Kier molecular flexibility index (Phi) is 1.48. The maximum absolute atomic E-state index is 10.3. The van der Waals surface area contributed by atoms with Crippen molar-refractivity contribution in [3.8, 4) is 0 Å². The smallest absolute Gasteiger partial charge is 0.305 e. The van der Waals surface area contributed by atoms with E-state index in [0.717, 1.165) is 0 Å². The summed E-state index contributed by atoms with van der Waals surface area (Å²) in [7, 11) is 0. The molecule has 0 saturated heterocycles. The van der Waals surface area contributed by atoms with Gasteiger partial charge in [0.25, 0.3) is 0 Å². The molecule has 41 valence electrons.